The molecule has 0 aromatic heterocycles. The minimum absolute atomic E-state index is 0.359. The summed E-state index contributed by atoms with van der Waals surface area (Å²) in [5.41, 5.74) is 0. The van der Waals surface area contributed by atoms with E-state index in [9.17, 15) is 0 Å². The molecule has 4 heteroatoms. The standard InChI is InChI=1S/C9H7NO3/c1-2-4-8(5-3-1)12-9-6-7-11-13-10-9/h1-7H. The summed E-state index contributed by atoms with van der Waals surface area (Å²) in [6.45, 7) is 0. The Balaban J connectivity index is 2.06. The van der Waals surface area contributed by atoms with E-state index < -0.39 is 0 Å². The predicted octanol–water partition coefficient (Wildman–Crippen LogP) is 1.85. The summed E-state index contributed by atoms with van der Waals surface area (Å²) in [5, 5.41) is 3.51. The van der Waals surface area contributed by atoms with Crippen LogP contribution < -0.4 is 4.74 Å². The molecule has 1 heterocycles. The lowest BCUT2D eigenvalue weighted by molar-refractivity contribution is -0.253. The van der Waals surface area contributed by atoms with Crippen molar-refractivity contribution in [2.75, 3.05) is 0 Å². The lowest BCUT2D eigenvalue weighted by Crippen LogP contribution is -2.08. The van der Waals surface area contributed by atoms with Gasteiger partial charge in [-0.3, -0.25) is 4.89 Å². The van der Waals surface area contributed by atoms with Crippen LogP contribution in [0.15, 0.2) is 47.8 Å². The maximum atomic E-state index is 5.31. The molecule has 1 aliphatic heterocycles. The third kappa shape index (κ3) is 1.99. The van der Waals surface area contributed by atoms with Crippen molar-refractivity contribution in [3.63, 3.8) is 0 Å². The van der Waals surface area contributed by atoms with Gasteiger partial charge in [0.25, 0.3) is 5.90 Å². The van der Waals surface area contributed by atoms with Crippen LogP contribution in [-0.2, 0) is 9.88 Å². The van der Waals surface area contributed by atoms with Gasteiger partial charge in [0.15, 0.2) is 6.26 Å². The van der Waals surface area contributed by atoms with E-state index in [4.69, 9.17) is 4.74 Å². The van der Waals surface area contributed by atoms with E-state index >= 15 is 0 Å². The van der Waals surface area contributed by atoms with Gasteiger partial charge in [-0.1, -0.05) is 18.2 Å². The molecule has 66 valence electrons. The molecule has 0 atom stereocenters. The van der Waals surface area contributed by atoms with Gasteiger partial charge in [-0.15, -0.1) is 0 Å². The Hall–Kier alpha value is -1.97. The summed E-state index contributed by atoms with van der Waals surface area (Å²) in [4.78, 5) is 8.72. The molecular weight excluding hydrogens is 170 g/mol. The molecule has 1 aromatic carbocycles. The van der Waals surface area contributed by atoms with E-state index in [0.29, 0.717) is 11.6 Å². The Kier molecular flexibility index (Phi) is 2.14. The molecular formula is C9H7NO3. The van der Waals surface area contributed by atoms with Crippen LogP contribution >= 0.6 is 0 Å². The van der Waals surface area contributed by atoms with Gasteiger partial charge in [-0.25, -0.2) is 0 Å². The maximum absolute atomic E-state index is 5.31. The molecule has 1 aliphatic rings. The van der Waals surface area contributed by atoms with Crippen LogP contribution in [0.2, 0.25) is 0 Å². The summed E-state index contributed by atoms with van der Waals surface area (Å²) in [5.74, 6) is 1.06. The van der Waals surface area contributed by atoms with Crippen molar-refractivity contribution in [3.8, 4) is 5.75 Å². The van der Waals surface area contributed by atoms with Gasteiger partial charge in [-0.05, 0) is 12.1 Å². The van der Waals surface area contributed by atoms with Crippen molar-refractivity contribution >= 4 is 5.90 Å². The number of oxime groups is 1. The van der Waals surface area contributed by atoms with E-state index in [1.165, 1.54) is 6.26 Å². The van der Waals surface area contributed by atoms with Crippen molar-refractivity contribution < 1.29 is 14.6 Å². The van der Waals surface area contributed by atoms with Crippen molar-refractivity contribution in [1.29, 1.82) is 0 Å². The van der Waals surface area contributed by atoms with Crippen molar-refractivity contribution in [2.24, 2.45) is 5.16 Å². The zero-order chi connectivity index (χ0) is 8.93. The first-order valence-electron chi connectivity index (χ1n) is 3.75. The summed E-state index contributed by atoms with van der Waals surface area (Å²) in [7, 11) is 0. The van der Waals surface area contributed by atoms with Gasteiger partial charge >= 0.3 is 0 Å². The highest BCUT2D eigenvalue weighted by Crippen LogP contribution is 2.10. The molecule has 0 aliphatic carbocycles. The van der Waals surface area contributed by atoms with Crippen LogP contribution in [-0.4, -0.2) is 5.90 Å². The smallest absolute Gasteiger partial charge is 0.264 e. The zero-order valence-corrected chi connectivity index (χ0v) is 6.71. The maximum Gasteiger partial charge on any atom is 0.264 e. The van der Waals surface area contributed by atoms with Gasteiger partial charge in [-0.2, -0.15) is 4.99 Å². The highest BCUT2D eigenvalue weighted by Gasteiger charge is 2.02. The molecule has 0 N–H and O–H groups in total. The number of rotatable bonds is 1. The number of hydrogen-bond donors (Lipinski definition) is 0. The SMILES string of the molecule is C1=CC(Oc2ccccc2)=NOO1. The van der Waals surface area contributed by atoms with Crippen molar-refractivity contribution in [2.45, 2.75) is 0 Å². The second-order valence-electron chi connectivity index (χ2n) is 2.32. The third-order valence-corrected chi connectivity index (χ3v) is 1.40. The van der Waals surface area contributed by atoms with E-state index in [2.05, 4.69) is 15.0 Å². The van der Waals surface area contributed by atoms with Gasteiger partial charge < -0.3 is 4.74 Å². The normalized spacial score (nSPS) is 14.0. The largest absolute Gasteiger partial charge is 0.436 e. The monoisotopic (exact) mass is 177 g/mol. The molecule has 0 amide bonds. The average molecular weight is 177 g/mol. The third-order valence-electron chi connectivity index (χ3n) is 1.40. The summed E-state index contributed by atoms with van der Waals surface area (Å²) >= 11 is 0. The average Bonchev–Trinajstić information content (AvgIpc) is 2.21. The first-order chi connectivity index (χ1) is 6.45. The van der Waals surface area contributed by atoms with Gasteiger partial charge in [0.2, 0.25) is 0 Å². The molecule has 0 saturated carbocycles. The van der Waals surface area contributed by atoms with Crippen molar-refractivity contribution in [1.82, 2.24) is 0 Å². The van der Waals surface area contributed by atoms with Crippen LogP contribution in [0.25, 0.3) is 0 Å². The number of para-hydroxylation sites is 1. The first kappa shape index (κ1) is 7.67. The minimum atomic E-state index is 0.359. The van der Waals surface area contributed by atoms with Gasteiger partial charge in [0.1, 0.15) is 5.75 Å². The molecule has 1 aromatic rings. The lowest BCUT2D eigenvalue weighted by atomic mass is 10.3. The Morgan fingerprint density at radius 3 is 2.69 bits per heavy atom. The fourth-order valence-corrected chi connectivity index (χ4v) is 0.861. The van der Waals surface area contributed by atoms with E-state index in [1.807, 2.05) is 30.3 Å². The van der Waals surface area contributed by atoms with Crippen LogP contribution in [0.5, 0.6) is 5.75 Å². The molecule has 13 heavy (non-hydrogen) atoms. The number of benzene rings is 1. The highest BCUT2D eigenvalue weighted by molar-refractivity contribution is 5.88. The van der Waals surface area contributed by atoms with Crippen molar-refractivity contribution in [3.05, 3.63) is 42.7 Å². The zero-order valence-electron chi connectivity index (χ0n) is 6.71. The Bertz CT molecular complexity index is 332. The van der Waals surface area contributed by atoms with E-state index in [1.54, 1.807) is 6.08 Å². The predicted molar refractivity (Wildman–Crippen MR) is 45.8 cm³/mol. The lowest BCUT2D eigenvalue weighted by Gasteiger charge is -2.06. The minimum Gasteiger partial charge on any atom is -0.436 e. The molecule has 2 rings (SSSR count). The number of ether oxygens (including phenoxy) is 1. The second kappa shape index (κ2) is 3.62. The van der Waals surface area contributed by atoms with Crippen LogP contribution in [0.3, 0.4) is 0 Å². The van der Waals surface area contributed by atoms with Gasteiger partial charge in [0, 0.05) is 11.2 Å². The summed E-state index contributed by atoms with van der Waals surface area (Å²) < 4.78 is 5.31. The van der Waals surface area contributed by atoms with E-state index in [-0.39, 0.29) is 0 Å². The van der Waals surface area contributed by atoms with Crippen LogP contribution in [0, 0.1) is 0 Å². The number of hydrogen-bond acceptors (Lipinski definition) is 4. The molecule has 0 spiro atoms. The number of nitrogens with zero attached hydrogens (tertiary/aromatic N) is 1. The topological polar surface area (TPSA) is 40.0 Å². The van der Waals surface area contributed by atoms with Crippen LogP contribution in [0.1, 0.15) is 0 Å². The fraction of sp³-hybridized carbons (Fsp3) is 0. The molecule has 4 nitrogen and oxygen atoms in total. The fourth-order valence-electron chi connectivity index (χ4n) is 0.861. The molecule has 0 radical (unpaired) electrons. The van der Waals surface area contributed by atoms with Crippen LogP contribution in [0.4, 0.5) is 0 Å². The summed E-state index contributed by atoms with van der Waals surface area (Å²) in [6.07, 6.45) is 2.92. The Labute approximate surface area is 75.0 Å². The Morgan fingerprint density at radius 2 is 2.00 bits per heavy atom. The van der Waals surface area contributed by atoms with Gasteiger partial charge in [0.05, 0.1) is 0 Å². The first-order valence-corrected chi connectivity index (χ1v) is 3.75. The Morgan fingerprint density at radius 1 is 1.15 bits per heavy atom. The molecule has 0 saturated heterocycles. The molecule has 0 fully saturated rings. The second-order valence-corrected chi connectivity index (χ2v) is 2.32. The molecule has 0 unspecified atom stereocenters. The quantitative estimate of drug-likeness (QED) is 0.614. The molecule has 0 bridgehead atoms. The summed E-state index contributed by atoms with van der Waals surface area (Å²) in [6, 6.07) is 9.31. The van der Waals surface area contributed by atoms with E-state index in [0.717, 1.165) is 0 Å². The highest BCUT2D eigenvalue weighted by atomic mass is 17.3.